The lowest BCUT2D eigenvalue weighted by Crippen LogP contribution is -2.59. The minimum absolute atomic E-state index is 0.418. The summed E-state index contributed by atoms with van der Waals surface area (Å²) >= 11 is 2.37. The van der Waals surface area contributed by atoms with Gasteiger partial charge in [-0.25, -0.2) is 0 Å². The maximum absolute atomic E-state index is 3.76. The van der Waals surface area contributed by atoms with Crippen LogP contribution < -0.4 is 10.2 Å². The van der Waals surface area contributed by atoms with E-state index in [0.29, 0.717) is 5.54 Å². The van der Waals surface area contributed by atoms with Crippen LogP contribution in [0.1, 0.15) is 25.7 Å². The van der Waals surface area contributed by atoms with Crippen LogP contribution >= 0.6 is 22.6 Å². The van der Waals surface area contributed by atoms with E-state index in [-0.39, 0.29) is 0 Å². The zero-order chi connectivity index (χ0) is 11.7. The molecule has 0 atom stereocenters. The van der Waals surface area contributed by atoms with Crippen LogP contribution in [0.3, 0.4) is 0 Å². The van der Waals surface area contributed by atoms with E-state index in [0.717, 1.165) is 13.1 Å². The third-order valence-corrected chi connectivity index (χ3v) is 4.85. The summed E-state index contributed by atoms with van der Waals surface area (Å²) in [6, 6.07) is 8.93. The van der Waals surface area contributed by atoms with Crippen molar-refractivity contribution < 1.29 is 0 Å². The summed E-state index contributed by atoms with van der Waals surface area (Å²) in [5, 5.41) is 3.76. The number of hydrogen-bond donors (Lipinski definition) is 1. The number of rotatable bonds is 1. The van der Waals surface area contributed by atoms with Crippen LogP contribution in [0.4, 0.5) is 5.69 Å². The number of piperazine rings is 1. The topological polar surface area (TPSA) is 15.3 Å². The molecule has 1 aromatic rings. The number of benzene rings is 1. The van der Waals surface area contributed by atoms with Crippen molar-refractivity contribution >= 4 is 28.3 Å². The lowest BCUT2D eigenvalue weighted by molar-refractivity contribution is 0.304. The fourth-order valence-corrected chi connectivity index (χ4v) is 3.57. The fourth-order valence-electron chi connectivity index (χ4n) is 3.22. The molecule has 3 rings (SSSR count). The van der Waals surface area contributed by atoms with Crippen molar-refractivity contribution in [3.05, 3.63) is 27.8 Å². The van der Waals surface area contributed by atoms with Crippen molar-refractivity contribution in [2.45, 2.75) is 31.2 Å². The van der Waals surface area contributed by atoms with Gasteiger partial charge in [-0.3, -0.25) is 0 Å². The highest BCUT2D eigenvalue weighted by molar-refractivity contribution is 14.1. The maximum atomic E-state index is 3.76. The first-order chi connectivity index (χ1) is 8.27. The molecule has 1 N–H and O–H groups in total. The molecule has 1 aliphatic heterocycles. The summed E-state index contributed by atoms with van der Waals surface area (Å²) in [6.07, 6.45) is 5.50. The van der Waals surface area contributed by atoms with Crippen LogP contribution in [0.15, 0.2) is 24.3 Å². The smallest absolute Gasteiger partial charge is 0.0368 e. The molecule has 0 unspecified atom stereocenters. The van der Waals surface area contributed by atoms with E-state index < -0.39 is 0 Å². The van der Waals surface area contributed by atoms with Gasteiger partial charge >= 0.3 is 0 Å². The normalized spacial score (nSPS) is 23.2. The number of nitrogens with zero attached hydrogens (tertiary/aromatic N) is 1. The Morgan fingerprint density at radius 3 is 2.53 bits per heavy atom. The van der Waals surface area contributed by atoms with Gasteiger partial charge in [0.2, 0.25) is 0 Å². The molecule has 2 nitrogen and oxygen atoms in total. The minimum Gasteiger partial charge on any atom is -0.368 e. The van der Waals surface area contributed by atoms with E-state index >= 15 is 0 Å². The van der Waals surface area contributed by atoms with Gasteiger partial charge in [-0.1, -0.05) is 12.8 Å². The first kappa shape index (κ1) is 11.8. The molecule has 92 valence electrons. The molecular weight excluding hydrogens is 323 g/mol. The number of hydrogen-bond acceptors (Lipinski definition) is 2. The van der Waals surface area contributed by atoms with Gasteiger partial charge in [0, 0.05) is 34.4 Å². The van der Waals surface area contributed by atoms with Gasteiger partial charge in [-0.05, 0) is 59.7 Å². The van der Waals surface area contributed by atoms with Crippen molar-refractivity contribution in [1.82, 2.24) is 5.32 Å². The average Bonchev–Trinajstić information content (AvgIpc) is 2.78. The highest BCUT2D eigenvalue weighted by Crippen LogP contribution is 2.33. The summed E-state index contributed by atoms with van der Waals surface area (Å²) in [5.74, 6) is 0. The molecule has 3 heteroatoms. The lowest BCUT2D eigenvalue weighted by atomic mass is 9.94. The van der Waals surface area contributed by atoms with Crippen molar-refractivity contribution in [3.8, 4) is 0 Å². The molecule has 1 aliphatic carbocycles. The van der Waals surface area contributed by atoms with Crippen molar-refractivity contribution in [1.29, 1.82) is 0 Å². The van der Waals surface area contributed by atoms with Gasteiger partial charge in [0.15, 0.2) is 0 Å². The summed E-state index contributed by atoms with van der Waals surface area (Å²) < 4.78 is 1.32. The monoisotopic (exact) mass is 342 g/mol. The predicted octanol–water partition coefficient (Wildman–Crippen LogP) is 3.01. The van der Waals surface area contributed by atoms with Crippen LogP contribution in [-0.4, -0.2) is 25.2 Å². The Hall–Kier alpha value is -0.290. The van der Waals surface area contributed by atoms with Crippen molar-refractivity contribution in [3.63, 3.8) is 0 Å². The van der Waals surface area contributed by atoms with Gasteiger partial charge in [0.25, 0.3) is 0 Å². The second-order valence-electron chi connectivity index (χ2n) is 5.31. The van der Waals surface area contributed by atoms with Gasteiger partial charge in [0.1, 0.15) is 0 Å². The average molecular weight is 342 g/mol. The first-order valence-electron chi connectivity index (χ1n) is 6.53. The third kappa shape index (κ3) is 2.45. The molecule has 0 amide bonds. The zero-order valence-corrected chi connectivity index (χ0v) is 12.2. The Morgan fingerprint density at radius 1 is 1.12 bits per heavy atom. The van der Waals surface area contributed by atoms with Crippen LogP contribution in [0, 0.1) is 3.57 Å². The van der Waals surface area contributed by atoms with Crippen molar-refractivity contribution in [2.24, 2.45) is 0 Å². The molecule has 0 radical (unpaired) electrons. The quantitative estimate of drug-likeness (QED) is 0.790. The summed E-state index contributed by atoms with van der Waals surface area (Å²) in [5.41, 5.74) is 1.81. The van der Waals surface area contributed by atoms with Crippen LogP contribution in [0.5, 0.6) is 0 Å². The van der Waals surface area contributed by atoms with Crippen LogP contribution in [0.25, 0.3) is 0 Å². The third-order valence-electron chi connectivity index (χ3n) is 4.13. The molecule has 2 fully saturated rings. The molecule has 0 aromatic heterocycles. The van der Waals surface area contributed by atoms with Crippen LogP contribution in [0.2, 0.25) is 0 Å². The molecule has 1 spiro atoms. The SMILES string of the molecule is Ic1ccc(N2CCNC3(CCCC3)C2)cc1. The highest BCUT2D eigenvalue weighted by atomic mass is 127. The zero-order valence-electron chi connectivity index (χ0n) is 10.1. The number of nitrogens with one attached hydrogen (secondary N) is 1. The largest absolute Gasteiger partial charge is 0.368 e. The molecule has 2 aliphatic rings. The van der Waals surface area contributed by atoms with Gasteiger partial charge in [-0.2, -0.15) is 0 Å². The number of halogens is 1. The van der Waals surface area contributed by atoms with Gasteiger partial charge in [0.05, 0.1) is 0 Å². The second-order valence-corrected chi connectivity index (χ2v) is 6.56. The lowest BCUT2D eigenvalue weighted by Gasteiger charge is -2.42. The molecular formula is C14H19IN2. The molecule has 1 saturated carbocycles. The second kappa shape index (κ2) is 4.76. The van der Waals surface area contributed by atoms with Gasteiger partial charge in [-0.15, -0.1) is 0 Å². The maximum Gasteiger partial charge on any atom is 0.0368 e. The Balaban J connectivity index is 1.77. The Morgan fingerprint density at radius 2 is 1.82 bits per heavy atom. The molecule has 1 aromatic carbocycles. The molecule has 17 heavy (non-hydrogen) atoms. The Kier molecular flexibility index (Phi) is 3.30. The van der Waals surface area contributed by atoms with Crippen LogP contribution in [-0.2, 0) is 0 Å². The van der Waals surface area contributed by atoms with Gasteiger partial charge < -0.3 is 10.2 Å². The van der Waals surface area contributed by atoms with E-state index in [2.05, 4.69) is 57.1 Å². The number of anilines is 1. The molecule has 1 saturated heterocycles. The summed E-state index contributed by atoms with van der Waals surface area (Å²) in [6.45, 7) is 3.46. The van der Waals surface area contributed by atoms with E-state index in [1.807, 2.05) is 0 Å². The standard InChI is InChI=1S/C14H19IN2/c15-12-3-5-13(6-4-12)17-10-9-16-14(11-17)7-1-2-8-14/h3-6,16H,1-2,7-11H2. The molecule has 0 bridgehead atoms. The van der Waals surface area contributed by atoms with E-state index in [1.165, 1.54) is 41.5 Å². The fraction of sp³-hybridized carbons (Fsp3) is 0.571. The Bertz CT molecular complexity index is 382. The minimum atomic E-state index is 0.418. The highest BCUT2D eigenvalue weighted by Gasteiger charge is 2.37. The predicted molar refractivity (Wildman–Crippen MR) is 80.6 cm³/mol. The van der Waals surface area contributed by atoms with Crippen molar-refractivity contribution in [2.75, 3.05) is 24.5 Å². The Labute approximate surface area is 117 Å². The summed E-state index contributed by atoms with van der Waals surface area (Å²) in [7, 11) is 0. The summed E-state index contributed by atoms with van der Waals surface area (Å²) in [4.78, 5) is 2.55. The van der Waals surface area contributed by atoms with E-state index in [1.54, 1.807) is 0 Å². The van der Waals surface area contributed by atoms with E-state index in [4.69, 9.17) is 0 Å². The first-order valence-corrected chi connectivity index (χ1v) is 7.61. The molecule has 1 heterocycles. The van der Waals surface area contributed by atoms with E-state index in [9.17, 15) is 0 Å².